The van der Waals surface area contributed by atoms with Gasteiger partial charge in [-0.2, -0.15) is 0 Å². The second-order valence-corrected chi connectivity index (χ2v) is 6.58. The van der Waals surface area contributed by atoms with Gasteiger partial charge in [0.05, 0.1) is 6.61 Å². The number of amidine groups is 1. The number of thioether (sulfide) groups is 1. The van der Waals surface area contributed by atoms with Gasteiger partial charge in [0, 0.05) is 12.2 Å². The molecular weight excluding hydrogens is 304 g/mol. The predicted octanol–water partition coefficient (Wildman–Crippen LogP) is 2.45. The number of unbranched alkanes of at least 4 members (excludes halogenated alkanes) is 3. The second-order valence-electron chi connectivity index (χ2n) is 5.52. The maximum Gasteiger partial charge on any atom is 0.323 e. The molecule has 0 aromatic heterocycles. The van der Waals surface area contributed by atoms with Crippen LogP contribution in [-0.4, -0.2) is 35.6 Å². The molecule has 0 spiro atoms. The summed E-state index contributed by atoms with van der Waals surface area (Å²) in [5.74, 6) is -0.569. The van der Waals surface area contributed by atoms with E-state index in [1.165, 1.54) is 0 Å². The zero-order chi connectivity index (χ0) is 16.6. The van der Waals surface area contributed by atoms with Crippen LogP contribution in [0.4, 0.5) is 0 Å². The molecule has 6 nitrogen and oxygen atoms in total. The van der Waals surface area contributed by atoms with Crippen LogP contribution in [0.2, 0.25) is 0 Å². The van der Waals surface area contributed by atoms with E-state index < -0.39 is 23.5 Å². The number of esters is 2. The van der Waals surface area contributed by atoms with Gasteiger partial charge in [0.1, 0.15) is 6.10 Å². The predicted molar refractivity (Wildman–Crippen MR) is 86.7 cm³/mol. The van der Waals surface area contributed by atoms with E-state index in [-0.39, 0.29) is 11.8 Å². The second kappa shape index (κ2) is 9.02. The fourth-order valence-electron chi connectivity index (χ4n) is 2.65. The molecule has 3 N–H and O–H groups in total. The van der Waals surface area contributed by atoms with Crippen molar-refractivity contribution in [3.8, 4) is 0 Å². The minimum atomic E-state index is -1.17. The summed E-state index contributed by atoms with van der Waals surface area (Å²) in [7, 11) is 0. The van der Waals surface area contributed by atoms with Gasteiger partial charge in [0.25, 0.3) is 0 Å². The van der Waals surface area contributed by atoms with E-state index in [4.69, 9.17) is 20.6 Å². The number of hydrogen-bond donors (Lipinski definition) is 2. The van der Waals surface area contributed by atoms with E-state index in [0.29, 0.717) is 18.6 Å². The quantitative estimate of drug-likeness (QED) is 0.221. The molecule has 0 aromatic rings. The van der Waals surface area contributed by atoms with Crippen molar-refractivity contribution >= 4 is 28.9 Å². The minimum Gasteiger partial charge on any atom is -0.465 e. The number of nitrogens with two attached hydrogens (primary N) is 1. The number of nitrogens with one attached hydrogen (secondary N) is 1. The SMILES string of the molecule is CCCCCC[C@@]1(C(=O)OCC)C[C@H](CSC(=N)N)OC1=O. The van der Waals surface area contributed by atoms with E-state index in [1.54, 1.807) is 6.92 Å². The van der Waals surface area contributed by atoms with Gasteiger partial charge in [-0.3, -0.25) is 15.0 Å². The molecule has 0 aromatic carbocycles. The molecule has 0 saturated carbocycles. The number of carbonyl (C=O) groups excluding carboxylic acids is 2. The third-order valence-electron chi connectivity index (χ3n) is 3.79. The lowest BCUT2D eigenvalue weighted by atomic mass is 9.80. The smallest absolute Gasteiger partial charge is 0.323 e. The van der Waals surface area contributed by atoms with E-state index in [2.05, 4.69) is 6.92 Å². The summed E-state index contributed by atoms with van der Waals surface area (Å²) in [6.07, 6.45) is 4.35. The highest BCUT2D eigenvalue weighted by atomic mass is 32.2. The van der Waals surface area contributed by atoms with Crippen molar-refractivity contribution in [2.24, 2.45) is 11.1 Å². The van der Waals surface area contributed by atoms with Crippen molar-refractivity contribution in [3.63, 3.8) is 0 Å². The fraction of sp³-hybridized carbons (Fsp3) is 0.800. The number of hydrogen-bond acceptors (Lipinski definition) is 6. The fourth-order valence-corrected chi connectivity index (χ4v) is 3.20. The molecule has 1 rings (SSSR count). The molecule has 1 aliphatic rings. The number of carbonyl (C=O) groups is 2. The first-order chi connectivity index (χ1) is 10.5. The topological polar surface area (TPSA) is 102 Å². The van der Waals surface area contributed by atoms with E-state index in [9.17, 15) is 9.59 Å². The zero-order valence-corrected chi connectivity index (χ0v) is 14.2. The van der Waals surface area contributed by atoms with Gasteiger partial charge in [0.15, 0.2) is 10.6 Å². The molecule has 7 heteroatoms. The van der Waals surface area contributed by atoms with Gasteiger partial charge in [0.2, 0.25) is 0 Å². The van der Waals surface area contributed by atoms with Crippen molar-refractivity contribution in [1.82, 2.24) is 0 Å². The lowest BCUT2D eigenvalue weighted by Crippen LogP contribution is -2.37. The average Bonchev–Trinajstić information content (AvgIpc) is 2.79. The Morgan fingerprint density at radius 1 is 1.45 bits per heavy atom. The van der Waals surface area contributed by atoms with Gasteiger partial charge in [-0.25, -0.2) is 0 Å². The van der Waals surface area contributed by atoms with Crippen molar-refractivity contribution in [2.75, 3.05) is 12.4 Å². The lowest BCUT2D eigenvalue weighted by Gasteiger charge is -2.22. The Hall–Kier alpha value is -1.24. The largest absolute Gasteiger partial charge is 0.465 e. The Bertz CT molecular complexity index is 416. The van der Waals surface area contributed by atoms with Gasteiger partial charge >= 0.3 is 11.9 Å². The van der Waals surface area contributed by atoms with Gasteiger partial charge in [-0.15, -0.1) is 0 Å². The molecule has 0 amide bonds. The molecule has 1 aliphatic heterocycles. The summed E-state index contributed by atoms with van der Waals surface area (Å²) in [6.45, 7) is 4.09. The number of cyclic esters (lactones) is 1. The molecule has 0 unspecified atom stereocenters. The van der Waals surface area contributed by atoms with Gasteiger partial charge in [-0.1, -0.05) is 44.4 Å². The standard InChI is InChI=1S/C15H26N2O4S/c1-3-5-6-7-8-15(12(18)20-4-2)9-11(21-13(15)19)10-22-14(16)17/h11H,3-10H2,1-2H3,(H3,16,17)/t11-,15+/m1/s1. The van der Waals surface area contributed by atoms with Crippen LogP contribution in [0.1, 0.15) is 52.4 Å². The van der Waals surface area contributed by atoms with Crippen molar-refractivity contribution in [3.05, 3.63) is 0 Å². The first-order valence-electron chi connectivity index (χ1n) is 7.81. The Morgan fingerprint density at radius 3 is 2.77 bits per heavy atom. The molecule has 1 saturated heterocycles. The summed E-state index contributed by atoms with van der Waals surface area (Å²) < 4.78 is 10.5. The summed E-state index contributed by atoms with van der Waals surface area (Å²) in [4.78, 5) is 24.6. The number of ether oxygens (including phenoxy) is 2. The van der Waals surface area contributed by atoms with Crippen LogP contribution in [0.3, 0.4) is 0 Å². The summed E-state index contributed by atoms with van der Waals surface area (Å²) in [6, 6.07) is 0. The summed E-state index contributed by atoms with van der Waals surface area (Å²) in [5.41, 5.74) is 4.13. The molecule has 2 atom stereocenters. The van der Waals surface area contributed by atoms with Crippen LogP contribution >= 0.6 is 11.8 Å². The van der Waals surface area contributed by atoms with Crippen molar-refractivity contribution < 1.29 is 19.1 Å². The van der Waals surface area contributed by atoms with Crippen LogP contribution in [0, 0.1) is 10.8 Å². The lowest BCUT2D eigenvalue weighted by molar-refractivity contribution is -0.165. The van der Waals surface area contributed by atoms with Crippen LogP contribution in [0.25, 0.3) is 0 Å². The average molecular weight is 330 g/mol. The zero-order valence-electron chi connectivity index (χ0n) is 13.4. The molecule has 22 heavy (non-hydrogen) atoms. The highest BCUT2D eigenvalue weighted by Gasteiger charge is 2.55. The monoisotopic (exact) mass is 330 g/mol. The normalized spacial score (nSPS) is 24.1. The third-order valence-corrected chi connectivity index (χ3v) is 4.64. The minimum absolute atomic E-state index is 0.0207. The van der Waals surface area contributed by atoms with Crippen LogP contribution < -0.4 is 5.73 Å². The summed E-state index contributed by atoms with van der Waals surface area (Å²) in [5, 5.41) is 7.20. The van der Waals surface area contributed by atoms with E-state index in [1.807, 2.05) is 0 Å². The van der Waals surface area contributed by atoms with Gasteiger partial charge in [-0.05, 0) is 13.3 Å². The van der Waals surface area contributed by atoms with E-state index in [0.717, 1.165) is 37.4 Å². The molecule has 1 fully saturated rings. The first kappa shape index (κ1) is 18.8. The highest BCUT2D eigenvalue weighted by Crippen LogP contribution is 2.41. The Balaban J connectivity index is 2.74. The molecule has 126 valence electrons. The third kappa shape index (κ3) is 4.90. The Labute approximate surface area is 136 Å². The molecule has 0 aliphatic carbocycles. The Morgan fingerprint density at radius 2 is 2.18 bits per heavy atom. The molecule has 0 radical (unpaired) electrons. The maximum atomic E-state index is 12.3. The van der Waals surface area contributed by atoms with Crippen molar-refractivity contribution in [1.29, 1.82) is 5.41 Å². The van der Waals surface area contributed by atoms with E-state index >= 15 is 0 Å². The van der Waals surface area contributed by atoms with Crippen LogP contribution in [0.15, 0.2) is 0 Å². The molecular formula is C15H26N2O4S. The maximum absolute atomic E-state index is 12.3. The van der Waals surface area contributed by atoms with Crippen LogP contribution in [0.5, 0.6) is 0 Å². The number of rotatable bonds is 9. The Kier molecular flexibility index (Phi) is 7.72. The van der Waals surface area contributed by atoms with Gasteiger partial charge < -0.3 is 15.2 Å². The molecule has 0 bridgehead atoms. The first-order valence-corrected chi connectivity index (χ1v) is 8.80. The highest BCUT2D eigenvalue weighted by molar-refractivity contribution is 8.13. The van der Waals surface area contributed by atoms with Crippen LogP contribution in [-0.2, 0) is 19.1 Å². The summed E-state index contributed by atoms with van der Waals surface area (Å²) >= 11 is 1.12. The van der Waals surface area contributed by atoms with Crippen molar-refractivity contribution in [2.45, 2.75) is 58.5 Å². The molecule has 1 heterocycles.